The van der Waals surface area contributed by atoms with Crippen molar-refractivity contribution >= 4 is 11.9 Å². The lowest BCUT2D eigenvalue weighted by Crippen LogP contribution is -2.70. The minimum Gasteiger partial charge on any atom is -0.508 e. The van der Waals surface area contributed by atoms with E-state index in [-0.39, 0.29) is 52.8 Å². The van der Waals surface area contributed by atoms with Crippen LogP contribution in [-0.4, -0.2) is 45.4 Å². The van der Waals surface area contributed by atoms with Crippen LogP contribution in [0.5, 0.6) is 11.5 Å². The van der Waals surface area contributed by atoms with Crippen LogP contribution in [0.2, 0.25) is 0 Å². The minimum absolute atomic E-state index is 0.0167. The highest BCUT2D eigenvalue weighted by atomic mass is 16.6. The zero-order valence-electron chi connectivity index (χ0n) is 26.1. The number of rotatable bonds is 5. The van der Waals surface area contributed by atoms with Gasteiger partial charge < -0.3 is 28.8 Å². The smallest absolute Gasteiger partial charge is 0.345 e. The molecule has 0 radical (unpaired) electrons. The molecule has 45 heavy (non-hydrogen) atoms. The molecular weight excluding hydrogens is 578 g/mol. The van der Waals surface area contributed by atoms with Gasteiger partial charge in [-0.2, -0.15) is 0 Å². The molecule has 0 bridgehead atoms. The van der Waals surface area contributed by atoms with E-state index in [2.05, 4.69) is 25.8 Å². The first-order chi connectivity index (χ1) is 21.3. The molecule has 238 valence electrons. The van der Waals surface area contributed by atoms with Crippen molar-refractivity contribution in [3.63, 3.8) is 0 Å². The van der Waals surface area contributed by atoms with E-state index in [4.69, 9.17) is 18.6 Å². The SMILES string of the molecule is CC(=O)OC[C@@]1(C)C2C[C@H](OC(=O)c3ccc(O)cc3)[C@@]3(C)Oc4cc(-c5cccnc5)oc(=O)c4C(O)C3[C@@]2(C)CC[C@@H]1C. The van der Waals surface area contributed by atoms with E-state index in [1.165, 1.54) is 31.2 Å². The van der Waals surface area contributed by atoms with Crippen molar-refractivity contribution in [2.24, 2.45) is 28.6 Å². The van der Waals surface area contributed by atoms with E-state index in [0.29, 0.717) is 18.4 Å². The number of nitrogens with zero attached hydrogens (tertiary/aromatic N) is 1. The van der Waals surface area contributed by atoms with Crippen LogP contribution in [0.1, 0.15) is 75.9 Å². The molecule has 0 saturated heterocycles. The van der Waals surface area contributed by atoms with Crippen molar-refractivity contribution in [2.75, 3.05) is 6.61 Å². The van der Waals surface area contributed by atoms with Crippen LogP contribution in [0.15, 0.2) is 64.1 Å². The second kappa shape index (κ2) is 11.0. The lowest BCUT2D eigenvalue weighted by Gasteiger charge is -2.66. The Balaban J connectivity index is 1.49. The predicted octanol–water partition coefficient (Wildman–Crippen LogP) is 5.46. The number of hydrogen-bond acceptors (Lipinski definition) is 10. The summed E-state index contributed by atoms with van der Waals surface area (Å²) in [5.74, 6) is -1.31. The molecule has 2 N–H and O–H groups in total. The van der Waals surface area contributed by atoms with E-state index in [9.17, 15) is 24.6 Å². The van der Waals surface area contributed by atoms with Gasteiger partial charge in [0, 0.05) is 42.3 Å². The molecule has 3 aliphatic rings. The summed E-state index contributed by atoms with van der Waals surface area (Å²) in [4.78, 5) is 43.2. The topological polar surface area (TPSA) is 145 Å². The quantitative estimate of drug-likeness (QED) is 0.354. The summed E-state index contributed by atoms with van der Waals surface area (Å²) < 4.78 is 24.4. The molecule has 1 aliphatic heterocycles. The largest absolute Gasteiger partial charge is 0.508 e. The Hall–Kier alpha value is -4.18. The molecule has 2 saturated carbocycles. The molecule has 1 aromatic carbocycles. The van der Waals surface area contributed by atoms with E-state index in [1.54, 1.807) is 30.6 Å². The Morgan fingerprint density at radius 2 is 1.87 bits per heavy atom. The van der Waals surface area contributed by atoms with Gasteiger partial charge in [-0.1, -0.05) is 20.8 Å². The summed E-state index contributed by atoms with van der Waals surface area (Å²) in [5, 5.41) is 22.0. The zero-order valence-corrected chi connectivity index (χ0v) is 26.1. The molecule has 3 unspecified atom stereocenters. The minimum atomic E-state index is -1.30. The number of phenols is 1. The van der Waals surface area contributed by atoms with Crippen molar-refractivity contribution in [2.45, 2.75) is 71.7 Å². The number of aromatic nitrogens is 1. The van der Waals surface area contributed by atoms with Crippen LogP contribution in [0.3, 0.4) is 0 Å². The molecule has 8 atom stereocenters. The highest BCUT2D eigenvalue weighted by molar-refractivity contribution is 5.89. The number of carbonyl (C=O) groups excluding carboxylic acids is 2. The molecule has 3 aromatic rings. The number of aromatic hydroxyl groups is 1. The van der Waals surface area contributed by atoms with Gasteiger partial charge in [0.05, 0.1) is 18.3 Å². The number of ether oxygens (including phenoxy) is 3. The average Bonchev–Trinajstić information content (AvgIpc) is 2.99. The summed E-state index contributed by atoms with van der Waals surface area (Å²) >= 11 is 0. The second-order valence-corrected chi connectivity index (χ2v) is 13.6. The van der Waals surface area contributed by atoms with Crippen molar-refractivity contribution in [1.82, 2.24) is 4.98 Å². The first kappa shape index (κ1) is 30.8. The van der Waals surface area contributed by atoms with Gasteiger partial charge in [0.2, 0.25) is 0 Å². The Bertz CT molecular complexity index is 1670. The van der Waals surface area contributed by atoms with Gasteiger partial charge in [0.1, 0.15) is 34.5 Å². The van der Waals surface area contributed by atoms with Crippen molar-refractivity contribution < 1.29 is 38.4 Å². The fraction of sp³-hybridized carbons (Fsp3) is 0.486. The van der Waals surface area contributed by atoms with Crippen LogP contribution >= 0.6 is 0 Å². The summed E-state index contributed by atoms with van der Waals surface area (Å²) in [7, 11) is 0. The number of pyridine rings is 1. The van der Waals surface area contributed by atoms with Gasteiger partial charge in [0.25, 0.3) is 0 Å². The van der Waals surface area contributed by atoms with Crippen molar-refractivity contribution in [3.8, 4) is 22.8 Å². The standard InChI is InChI=1S/C35H39NO9/c1-19-12-13-33(3)26(34(19,4)18-42-20(2)37)16-27(44-31(40)21-8-10-23(38)11-9-21)35(5)30(33)29(39)28-25(45-35)15-24(43-32(28)41)22-7-6-14-36-17-22/h6-11,14-15,17,19,26-27,29-30,38-39H,12-13,16,18H2,1-5H3/t19-,26?,27-,29?,30?,33-,34+,35+/m0/s1. The third-order valence-corrected chi connectivity index (χ3v) is 11.0. The normalized spacial score (nSPS) is 33.5. The monoisotopic (exact) mass is 617 g/mol. The van der Waals surface area contributed by atoms with Crippen LogP contribution < -0.4 is 10.4 Å². The van der Waals surface area contributed by atoms with Crippen LogP contribution in [0.25, 0.3) is 11.3 Å². The van der Waals surface area contributed by atoms with E-state index >= 15 is 0 Å². The molecule has 2 aromatic heterocycles. The van der Waals surface area contributed by atoms with Crippen molar-refractivity contribution in [1.29, 1.82) is 0 Å². The van der Waals surface area contributed by atoms with E-state index < -0.39 is 46.2 Å². The Kier molecular flexibility index (Phi) is 7.54. The summed E-state index contributed by atoms with van der Waals surface area (Å²) in [6.45, 7) is 9.69. The third kappa shape index (κ3) is 4.99. The van der Waals surface area contributed by atoms with E-state index in [1.807, 2.05) is 6.92 Å². The zero-order chi connectivity index (χ0) is 32.3. The number of esters is 2. The van der Waals surface area contributed by atoms with E-state index in [0.717, 1.165) is 6.42 Å². The Morgan fingerprint density at radius 3 is 2.53 bits per heavy atom. The maximum absolute atomic E-state index is 13.6. The molecule has 2 fully saturated rings. The molecule has 3 heterocycles. The number of carbonyl (C=O) groups is 2. The number of benzene rings is 1. The van der Waals surface area contributed by atoms with Crippen LogP contribution in [-0.2, 0) is 14.3 Å². The van der Waals surface area contributed by atoms with Gasteiger partial charge in [-0.05, 0) is 79.8 Å². The molecule has 10 heteroatoms. The molecule has 2 aliphatic carbocycles. The lowest BCUT2D eigenvalue weighted by atomic mass is 9.41. The molecule has 0 amide bonds. The maximum Gasteiger partial charge on any atom is 0.345 e. The molecule has 10 nitrogen and oxygen atoms in total. The number of phenolic OH excluding ortho intramolecular Hbond substituents is 1. The Morgan fingerprint density at radius 1 is 1.13 bits per heavy atom. The second-order valence-electron chi connectivity index (χ2n) is 13.6. The first-order valence-electron chi connectivity index (χ1n) is 15.4. The van der Waals surface area contributed by atoms with Crippen LogP contribution in [0.4, 0.5) is 0 Å². The van der Waals surface area contributed by atoms with Gasteiger partial charge in [-0.3, -0.25) is 9.78 Å². The van der Waals surface area contributed by atoms with Gasteiger partial charge in [-0.15, -0.1) is 0 Å². The summed E-state index contributed by atoms with van der Waals surface area (Å²) in [6, 6.07) is 10.8. The molecule has 0 spiro atoms. The number of fused-ring (bicyclic) bond motifs is 4. The van der Waals surface area contributed by atoms with Crippen molar-refractivity contribution in [3.05, 3.63) is 76.4 Å². The predicted molar refractivity (Wildman–Crippen MR) is 162 cm³/mol. The highest BCUT2D eigenvalue weighted by Crippen LogP contribution is 2.68. The first-order valence-corrected chi connectivity index (χ1v) is 15.4. The number of hydrogen-bond donors (Lipinski definition) is 2. The number of aliphatic hydroxyl groups excluding tert-OH is 1. The van der Waals surface area contributed by atoms with Gasteiger partial charge in [0.15, 0.2) is 0 Å². The Labute approximate surface area is 261 Å². The maximum atomic E-state index is 13.6. The third-order valence-electron chi connectivity index (χ3n) is 11.0. The average molecular weight is 618 g/mol. The molecular formula is C35H39NO9. The van der Waals surface area contributed by atoms with Gasteiger partial charge in [-0.25, -0.2) is 9.59 Å². The number of aliphatic hydroxyl groups is 1. The fourth-order valence-electron chi connectivity index (χ4n) is 8.49. The molecule has 6 rings (SSSR count). The summed E-state index contributed by atoms with van der Waals surface area (Å²) in [6.07, 6.45) is 2.89. The lowest BCUT2D eigenvalue weighted by molar-refractivity contribution is -0.257. The van der Waals surface area contributed by atoms with Crippen LogP contribution in [0, 0.1) is 28.6 Å². The van der Waals surface area contributed by atoms with Gasteiger partial charge >= 0.3 is 17.6 Å². The summed E-state index contributed by atoms with van der Waals surface area (Å²) in [5.41, 5.74) is -2.27. The highest BCUT2D eigenvalue weighted by Gasteiger charge is 2.70. The fourth-order valence-corrected chi connectivity index (χ4v) is 8.49.